The summed E-state index contributed by atoms with van der Waals surface area (Å²) in [6, 6.07) is 13.9. The van der Waals surface area contributed by atoms with E-state index < -0.39 is 0 Å². The number of nitrogens with zero attached hydrogens (tertiary/aromatic N) is 1. The largest absolute Gasteiger partial charge is 0.489 e. The van der Waals surface area contributed by atoms with Crippen molar-refractivity contribution in [1.29, 1.82) is 5.26 Å². The van der Waals surface area contributed by atoms with E-state index in [1.165, 1.54) is 0 Å². The molecule has 3 heteroatoms. The molecule has 0 N–H and O–H groups in total. The van der Waals surface area contributed by atoms with Gasteiger partial charge in [0.15, 0.2) is 0 Å². The standard InChI is InChI=1S/C14H11NO2/c15-7-13-12-4-2-1-3-10(12)5-6-14(13)17-9-11-8-16-11/h1-6,11H,8-9H2/t11-/m0/s1. The number of epoxide rings is 1. The molecule has 3 rings (SSSR count). The second-order valence-electron chi connectivity index (χ2n) is 4.04. The highest BCUT2D eigenvalue weighted by Gasteiger charge is 2.23. The maximum atomic E-state index is 9.24. The molecule has 0 aromatic heterocycles. The lowest BCUT2D eigenvalue weighted by atomic mass is 10.0. The molecule has 0 aliphatic carbocycles. The smallest absolute Gasteiger partial charge is 0.137 e. The number of fused-ring (bicyclic) bond motifs is 1. The van der Waals surface area contributed by atoms with E-state index in [4.69, 9.17) is 9.47 Å². The Morgan fingerprint density at radius 3 is 2.88 bits per heavy atom. The Morgan fingerprint density at radius 2 is 2.12 bits per heavy atom. The van der Waals surface area contributed by atoms with Crippen LogP contribution in [0.25, 0.3) is 10.8 Å². The molecule has 0 saturated carbocycles. The van der Waals surface area contributed by atoms with Crippen LogP contribution in [-0.4, -0.2) is 19.3 Å². The Kier molecular flexibility index (Phi) is 2.43. The number of benzene rings is 2. The lowest BCUT2D eigenvalue weighted by Gasteiger charge is -2.08. The number of nitriles is 1. The lowest BCUT2D eigenvalue weighted by molar-refractivity contribution is 0.263. The normalized spacial score (nSPS) is 17.7. The summed E-state index contributed by atoms with van der Waals surface area (Å²) in [6.07, 6.45) is 0.202. The molecule has 1 saturated heterocycles. The predicted molar refractivity (Wildman–Crippen MR) is 63.9 cm³/mol. The minimum absolute atomic E-state index is 0.202. The third-order valence-corrected chi connectivity index (χ3v) is 2.83. The highest BCUT2D eigenvalue weighted by molar-refractivity contribution is 5.90. The van der Waals surface area contributed by atoms with Gasteiger partial charge in [-0.2, -0.15) is 5.26 Å². The van der Waals surface area contributed by atoms with Gasteiger partial charge >= 0.3 is 0 Å². The van der Waals surface area contributed by atoms with Crippen molar-refractivity contribution >= 4 is 10.8 Å². The maximum Gasteiger partial charge on any atom is 0.137 e. The third kappa shape index (κ3) is 1.95. The molecule has 0 radical (unpaired) electrons. The fourth-order valence-electron chi connectivity index (χ4n) is 1.83. The van der Waals surface area contributed by atoms with Gasteiger partial charge in [-0.05, 0) is 11.5 Å². The topological polar surface area (TPSA) is 45.5 Å². The van der Waals surface area contributed by atoms with Gasteiger partial charge in [0, 0.05) is 5.39 Å². The Labute approximate surface area is 99.2 Å². The minimum Gasteiger partial charge on any atom is -0.489 e. The zero-order valence-corrected chi connectivity index (χ0v) is 9.22. The fourth-order valence-corrected chi connectivity index (χ4v) is 1.83. The Hall–Kier alpha value is -2.05. The van der Waals surface area contributed by atoms with E-state index in [0.29, 0.717) is 17.9 Å². The van der Waals surface area contributed by atoms with Crippen molar-refractivity contribution in [2.45, 2.75) is 6.10 Å². The molecule has 3 nitrogen and oxygen atoms in total. The quantitative estimate of drug-likeness (QED) is 0.754. The molecule has 0 amide bonds. The van der Waals surface area contributed by atoms with Gasteiger partial charge in [0.05, 0.1) is 6.61 Å². The summed E-state index contributed by atoms with van der Waals surface area (Å²) in [5.41, 5.74) is 0.601. The molecular formula is C14H11NO2. The molecule has 17 heavy (non-hydrogen) atoms. The SMILES string of the molecule is N#Cc1c(OC[C@@H]2CO2)ccc2ccccc12. The molecule has 1 atom stereocenters. The highest BCUT2D eigenvalue weighted by atomic mass is 16.6. The van der Waals surface area contributed by atoms with Crippen LogP contribution in [0.1, 0.15) is 5.56 Å². The summed E-state index contributed by atoms with van der Waals surface area (Å²) in [5, 5.41) is 11.2. The first-order chi connectivity index (χ1) is 8.38. The number of hydrogen-bond donors (Lipinski definition) is 0. The Morgan fingerprint density at radius 1 is 1.29 bits per heavy atom. The summed E-state index contributed by atoms with van der Waals surface area (Å²) in [5.74, 6) is 0.640. The van der Waals surface area contributed by atoms with E-state index in [9.17, 15) is 5.26 Å². The third-order valence-electron chi connectivity index (χ3n) is 2.83. The van der Waals surface area contributed by atoms with Crippen LogP contribution >= 0.6 is 0 Å². The van der Waals surface area contributed by atoms with Crippen molar-refractivity contribution in [1.82, 2.24) is 0 Å². The summed E-state index contributed by atoms with van der Waals surface area (Å²) < 4.78 is 10.7. The van der Waals surface area contributed by atoms with Crippen molar-refractivity contribution in [2.24, 2.45) is 0 Å². The lowest BCUT2D eigenvalue weighted by Crippen LogP contribution is -2.05. The summed E-state index contributed by atoms with van der Waals surface area (Å²) in [6.45, 7) is 1.28. The Balaban J connectivity index is 2.02. The van der Waals surface area contributed by atoms with Crippen LogP contribution in [0, 0.1) is 11.3 Å². The second-order valence-corrected chi connectivity index (χ2v) is 4.04. The van der Waals surface area contributed by atoms with Crippen LogP contribution in [0.5, 0.6) is 5.75 Å². The van der Waals surface area contributed by atoms with Crippen LogP contribution in [-0.2, 0) is 4.74 Å². The molecule has 0 spiro atoms. The van der Waals surface area contributed by atoms with E-state index in [1.54, 1.807) is 0 Å². The van der Waals surface area contributed by atoms with Crippen LogP contribution in [0.15, 0.2) is 36.4 Å². The van der Waals surface area contributed by atoms with Crippen LogP contribution in [0.2, 0.25) is 0 Å². The minimum atomic E-state index is 0.202. The molecule has 1 heterocycles. The van der Waals surface area contributed by atoms with E-state index >= 15 is 0 Å². The van der Waals surface area contributed by atoms with Gasteiger partial charge in [-0.15, -0.1) is 0 Å². The highest BCUT2D eigenvalue weighted by Crippen LogP contribution is 2.27. The first-order valence-corrected chi connectivity index (χ1v) is 5.55. The zero-order valence-electron chi connectivity index (χ0n) is 9.22. The van der Waals surface area contributed by atoms with E-state index in [1.807, 2.05) is 36.4 Å². The van der Waals surface area contributed by atoms with E-state index in [-0.39, 0.29) is 6.10 Å². The van der Waals surface area contributed by atoms with E-state index in [0.717, 1.165) is 17.4 Å². The maximum absolute atomic E-state index is 9.24. The second kappa shape index (κ2) is 4.08. The molecule has 1 aliphatic heterocycles. The molecule has 1 fully saturated rings. The van der Waals surface area contributed by atoms with Crippen molar-refractivity contribution < 1.29 is 9.47 Å². The van der Waals surface area contributed by atoms with Gasteiger partial charge in [0.25, 0.3) is 0 Å². The number of hydrogen-bond acceptors (Lipinski definition) is 3. The fraction of sp³-hybridized carbons (Fsp3) is 0.214. The van der Waals surface area contributed by atoms with Crippen LogP contribution < -0.4 is 4.74 Å². The molecule has 2 aromatic rings. The van der Waals surface area contributed by atoms with Crippen LogP contribution in [0.4, 0.5) is 0 Å². The van der Waals surface area contributed by atoms with Gasteiger partial charge in [0.1, 0.15) is 30.1 Å². The van der Waals surface area contributed by atoms with Crippen molar-refractivity contribution in [3.05, 3.63) is 42.0 Å². The monoisotopic (exact) mass is 225 g/mol. The van der Waals surface area contributed by atoms with Crippen LogP contribution in [0.3, 0.4) is 0 Å². The van der Waals surface area contributed by atoms with Crippen molar-refractivity contribution in [2.75, 3.05) is 13.2 Å². The summed E-state index contributed by atoms with van der Waals surface area (Å²) in [7, 11) is 0. The van der Waals surface area contributed by atoms with Gasteiger partial charge in [-0.1, -0.05) is 30.3 Å². The van der Waals surface area contributed by atoms with Crippen molar-refractivity contribution in [3.63, 3.8) is 0 Å². The molecular weight excluding hydrogens is 214 g/mol. The first-order valence-electron chi connectivity index (χ1n) is 5.55. The predicted octanol–water partition coefficient (Wildman–Crippen LogP) is 2.49. The summed E-state index contributed by atoms with van der Waals surface area (Å²) in [4.78, 5) is 0. The Bertz CT molecular complexity index is 597. The van der Waals surface area contributed by atoms with E-state index in [2.05, 4.69) is 6.07 Å². The molecule has 0 unspecified atom stereocenters. The first kappa shape index (κ1) is 10.1. The molecule has 2 aromatic carbocycles. The zero-order chi connectivity index (χ0) is 11.7. The average molecular weight is 225 g/mol. The van der Waals surface area contributed by atoms with Gasteiger partial charge in [-0.25, -0.2) is 0 Å². The van der Waals surface area contributed by atoms with Gasteiger partial charge in [-0.3, -0.25) is 0 Å². The number of ether oxygens (including phenoxy) is 2. The number of rotatable bonds is 3. The van der Waals surface area contributed by atoms with Crippen molar-refractivity contribution in [3.8, 4) is 11.8 Å². The summed E-state index contributed by atoms with van der Waals surface area (Å²) >= 11 is 0. The molecule has 0 bridgehead atoms. The molecule has 1 aliphatic rings. The molecule has 84 valence electrons. The van der Waals surface area contributed by atoms with Gasteiger partial charge < -0.3 is 9.47 Å². The van der Waals surface area contributed by atoms with Gasteiger partial charge in [0.2, 0.25) is 0 Å². The average Bonchev–Trinajstić information content (AvgIpc) is 3.19.